The van der Waals surface area contributed by atoms with E-state index < -0.39 is 5.82 Å². The number of nitrogens with zero attached hydrogens (tertiary/aromatic N) is 3. The average molecular weight is 264 g/mol. The van der Waals surface area contributed by atoms with Gasteiger partial charge in [0.2, 0.25) is 5.28 Å². The van der Waals surface area contributed by atoms with Gasteiger partial charge in [0.15, 0.2) is 11.5 Å². The van der Waals surface area contributed by atoms with Crippen LogP contribution in [0.5, 0.6) is 0 Å². The molecule has 0 bridgehead atoms. The molecule has 0 saturated heterocycles. The molecule has 3 nitrogen and oxygen atoms in total. The van der Waals surface area contributed by atoms with Gasteiger partial charge in [0.1, 0.15) is 10.1 Å². The molecule has 0 amide bonds. The highest BCUT2D eigenvalue weighted by atomic mass is 79.9. The normalized spacial score (nSPS) is 11.1. The summed E-state index contributed by atoms with van der Waals surface area (Å²) in [6, 6.07) is 1.29. The van der Waals surface area contributed by atoms with Crippen molar-refractivity contribution in [2.24, 2.45) is 7.05 Å². The Morgan fingerprint density at radius 2 is 2.23 bits per heavy atom. The molecule has 0 atom stereocenters. The molecule has 0 N–H and O–H groups in total. The highest BCUT2D eigenvalue weighted by Gasteiger charge is 2.10. The van der Waals surface area contributed by atoms with Crippen molar-refractivity contribution in [1.29, 1.82) is 0 Å². The molecule has 2 rings (SSSR count). The largest absolute Gasteiger partial charge is 0.302 e. The number of imidazole rings is 1. The second-order valence-electron chi connectivity index (χ2n) is 2.54. The molecule has 2 aromatic heterocycles. The number of aryl methyl sites for hydroxylation is 1. The first-order valence-corrected chi connectivity index (χ1v) is 4.60. The Hall–Kier alpha value is -0.680. The Morgan fingerprint density at radius 3 is 2.92 bits per heavy atom. The molecule has 0 aliphatic carbocycles. The van der Waals surface area contributed by atoms with E-state index in [2.05, 4.69) is 25.9 Å². The third-order valence-electron chi connectivity index (χ3n) is 1.70. The first-order valence-electron chi connectivity index (χ1n) is 3.43. The smallest absolute Gasteiger partial charge is 0.204 e. The fourth-order valence-electron chi connectivity index (χ4n) is 1.04. The minimum Gasteiger partial charge on any atom is -0.302 e. The lowest BCUT2D eigenvalue weighted by atomic mass is 10.4. The van der Waals surface area contributed by atoms with Crippen LogP contribution in [0.2, 0.25) is 5.28 Å². The highest BCUT2D eigenvalue weighted by Crippen LogP contribution is 2.21. The molecule has 2 aromatic rings. The Morgan fingerprint density at radius 1 is 1.54 bits per heavy atom. The Labute approximate surface area is 86.7 Å². The van der Waals surface area contributed by atoms with Gasteiger partial charge in [0, 0.05) is 13.1 Å². The van der Waals surface area contributed by atoms with Crippen LogP contribution in [0.15, 0.2) is 10.7 Å². The lowest BCUT2D eigenvalue weighted by molar-refractivity contribution is 0.615. The van der Waals surface area contributed by atoms with Crippen molar-refractivity contribution in [3.8, 4) is 0 Å². The summed E-state index contributed by atoms with van der Waals surface area (Å²) in [7, 11) is 1.72. The molecular weight excluding hydrogens is 260 g/mol. The van der Waals surface area contributed by atoms with Crippen LogP contribution >= 0.6 is 27.5 Å². The first kappa shape index (κ1) is 8.90. The van der Waals surface area contributed by atoms with Gasteiger partial charge in [0.05, 0.1) is 0 Å². The van der Waals surface area contributed by atoms with E-state index in [0.717, 1.165) is 0 Å². The summed E-state index contributed by atoms with van der Waals surface area (Å²) >= 11 is 8.72. The van der Waals surface area contributed by atoms with Crippen LogP contribution in [0.4, 0.5) is 4.39 Å². The van der Waals surface area contributed by atoms with E-state index in [0.29, 0.717) is 16.4 Å². The standard InChI is InChI=1S/C7H4BrClFN3/c1-13-6-4(11-7(13)9)2-3(10)5(8)12-6/h2H,1H3. The van der Waals surface area contributed by atoms with Crippen molar-refractivity contribution in [3.05, 3.63) is 21.8 Å². The molecule has 0 fully saturated rings. The number of halogens is 3. The number of aromatic nitrogens is 3. The molecule has 0 aromatic carbocycles. The maximum absolute atomic E-state index is 13.0. The number of pyridine rings is 1. The van der Waals surface area contributed by atoms with E-state index in [1.165, 1.54) is 6.07 Å². The number of hydrogen-bond acceptors (Lipinski definition) is 2. The van der Waals surface area contributed by atoms with Gasteiger partial charge in [-0.2, -0.15) is 0 Å². The summed E-state index contributed by atoms with van der Waals surface area (Å²) < 4.78 is 14.7. The minimum atomic E-state index is -0.442. The van der Waals surface area contributed by atoms with Crippen LogP contribution in [-0.2, 0) is 7.05 Å². The van der Waals surface area contributed by atoms with Crippen LogP contribution < -0.4 is 0 Å². The molecule has 2 heterocycles. The molecule has 0 spiro atoms. The summed E-state index contributed by atoms with van der Waals surface area (Å²) in [5.74, 6) is -0.442. The van der Waals surface area contributed by atoms with Crippen molar-refractivity contribution in [2.45, 2.75) is 0 Å². The lowest BCUT2D eigenvalue weighted by Gasteiger charge is -1.95. The molecule has 0 aliphatic rings. The zero-order valence-corrected chi connectivity index (χ0v) is 8.89. The average Bonchev–Trinajstić information content (AvgIpc) is 2.32. The van der Waals surface area contributed by atoms with Gasteiger partial charge in [-0.15, -0.1) is 0 Å². The highest BCUT2D eigenvalue weighted by molar-refractivity contribution is 9.10. The maximum atomic E-state index is 13.0. The zero-order valence-electron chi connectivity index (χ0n) is 6.55. The quantitative estimate of drug-likeness (QED) is 0.685. The summed E-state index contributed by atoms with van der Waals surface area (Å²) in [5, 5.41) is 0.292. The van der Waals surface area contributed by atoms with Crippen molar-refractivity contribution in [2.75, 3.05) is 0 Å². The summed E-state index contributed by atoms with van der Waals surface area (Å²) in [6.07, 6.45) is 0. The Balaban J connectivity index is 2.89. The van der Waals surface area contributed by atoms with Gasteiger partial charge < -0.3 is 4.57 Å². The van der Waals surface area contributed by atoms with Crippen molar-refractivity contribution < 1.29 is 4.39 Å². The molecule has 68 valence electrons. The van der Waals surface area contributed by atoms with E-state index in [4.69, 9.17) is 11.6 Å². The third kappa shape index (κ3) is 1.32. The third-order valence-corrected chi connectivity index (χ3v) is 2.60. The van der Waals surface area contributed by atoms with Gasteiger partial charge in [0.25, 0.3) is 0 Å². The van der Waals surface area contributed by atoms with Crippen molar-refractivity contribution in [1.82, 2.24) is 14.5 Å². The second kappa shape index (κ2) is 2.92. The summed E-state index contributed by atoms with van der Waals surface area (Å²) in [6.45, 7) is 0. The van der Waals surface area contributed by atoms with Crippen molar-refractivity contribution >= 4 is 38.7 Å². The number of fused-ring (bicyclic) bond motifs is 1. The molecule has 6 heteroatoms. The van der Waals surface area contributed by atoms with E-state index in [1.807, 2.05) is 0 Å². The Kier molecular flexibility index (Phi) is 2.00. The topological polar surface area (TPSA) is 30.7 Å². The first-order chi connectivity index (χ1) is 6.09. The second-order valence-corrected chi connectivity index (χ2v) is 3.63. The predicted octanol–water partition coefficient (Wildman–Crippen LogP) is 2.52. The van der Waals surface area contributed by atoms with Gasteiger partial charge in [-0.25, -0.2) is 14.4 Å². The SMILES string of the molecule is Cn1c(Cl)nc2cc(F)c(Br)nc21. The number of hydrogen-bond donors (Lipinski definition) is 0. The summed E-state index contributed by atoms with van der Waals surface area (Å²) in [5.41, 5.74) is 1.01. The van der Waals surface area contributed by atoms with Crippen molar-refractivity contribution in [3.63, 3.8) is 0 Å². The van der Waals surface area contributed by atoms with Crippen LogP contribution in [0.3, 0.4) is 0 Å². The fourth-order valence-corrected chi connectivity index (χ4v) is 1.49. The van der Waals surface area contributed by atoms with E-state index in [-0.39, 0.29) is 4.60 Å². The van der Waals surface area contributed by atoms with Crippen LogP contribution in [-0.4, -0.2) is 14.5 Å². The van der Waals surface area contributed by atoms with E-state index >= 15 is 0 Å². The fraction of sp³-hybridized carbons (Fsp3) is 0.143. The molecule has 13 heavy (non-hydrogen) atoms. The van der Waals surface area contributed by atoms with Crippen LogP contribution in [0.25, 0.3) is 11.2 Å². The monoisotopic (exact) mass is 263 g/mol. The van der Waals surface area contributed by atoms with Gasteiger partial charge >= 0.3 is 0 Å². The lowest BCUT2D eigenvalue weighted by Crippen LogP contribution is -1.91. The molecule has 0 aliphatic heterocycles. The van der Waals surface area contributed by atoms with E-state index in [9.17, 15) is 4.39 Å². The van der Waals surface area contributed by atoms with Crippen LogP contribution in [0.1, 0.15) is 0 Å². The molecule has 0 radical (unpaired) electrons. The Bertz CT molecular complexity index is 482. The van der Waals surface area contributed by atoms with E-state index in [1.54, 1.807) is 11.6 Å². The number of rotatable bonds is 0. The van der Waals surface area contributed by atoms with Crippen LogP contribution in [0, 0.1) is 5.82 Å². The molecular formula is C7H4BrClFN3. The van der Waals surface area contributed by atoms with Gasteiger partial charge in [-0.3, -0.25) is 0 Å². The maximum Gasteiger partial charge on any atom is 0.204 e. The summed E-state index contributed by atoms with van der Waals surface area (Å²) in [4.78, 5) is 7.87. The molecule has 0 unspecified atom stereocenters. The minimum absolute atomic E-state index is 0.166. The molecule has 0 saturated carbocycles. The zero-order chi connectivity index (χ0) is 9.59. The van der Waals surface area contributed by atoms with Gasteiger partial charge in [-0.05, 0) is 27.5 Å². The van der Waals surface area contributed by atoms with Gasteiger partial charge in [-0.1, -0.05) is 0 Å². The predicted molar refractivity (Wildman–Crippen MR) is 51.2 cm³/mol.